The van der Waals surface area contributed by atoms with Gasteiger partial charge < -0.3 is 0 Å². The molecule has 1 aromatic heterocycles. The summed E-state index contributed by atoms with van der Waals surface area (Å²) in [6.45, 7) is 0. The van der Waals surface area contributed by atoms with E-state index in [0.717, 1.165) is 0 Å². The first-order valence-electron chi connectivity index (χ1n) is 19.7. The van der Waals surface area contributed by atoms with Crippen molar-refractivity contribution in [2.75, 3.05) is 0 Å². The molecule has 0 aliphatic carbocycles. The van der Waals surface area contributed by atoms with Gasteiger partial charge in [-0.3, -0.25) is 0 Å². The summed E-state index contributed by atoms with van der Waals surface area (Å²) in [6, 6.07) is 72.8. The summed E-state index contributed by atoms with van der Waals surface area (Å²) in [5, 5.41) is 18.4. The van der Waals surface area contributed by atoms with Crippen molar-refractivity contribution in [3.63, 3.8) is 0 Å². The van der Waals surface area contributed by atoms with Gasteiger partial charge in [0.25, 0.3) is 0 Å². The van der Waals surface area contributed by atoms with Crippen LogP contribution in [0.1, 0.15) is 0 Å². The normalized spacial score (nSPS) is 12.2. The van der Waals surface area contributed by atoms with Gasteiger partial charge in [-0.05, 0) is 133 Å². The summed E-state index contributed by atoms with van der Waals surface area (Å²) in [7, 11) is 0. The molecule has 0 saturated carbocycles. The van der Waals surface area contributed by atoms with Gasteiger partial charge in [0.05, 0.1) is 0 Å². The van der Waals surface area contributed by atoms with Crippen LogP contribution in [0.5, 0.6) is 0 Å². The van der Waals surface area contributed by atoms with E-state index in [-0.39, 0.29) is 0 Å². The molecule has 0 N–H and O–H groups in total. The van der Waals surface area contributed by atoms with Gasteiger partial charge in [-0.2, -0.15) is 0 Å². The van der Waals surface area contributed by atoms with Crippen molar-refractivity contribution in [1.29, 1.82) is 0 Å². The van der Waals surface area contributed by atoms with E-state index in [9.17, 15) is 0 Å². The summed E-state index contributed by atoms with van der Waals surface area (Å²) in [5.74, 6) is 0. The van der Waals surface area contributed by atoms with Crippen molar-refractivity contribution < 1.29 is 0 Å². The lowest BCUT2D eigenvalue weighted by Crippen LogP contribution is -1.89. The van der Waals surface area contributed by atoms with Gasteiger partial charge in [0, 0.05) is 20.2 Å². The summed E-state index contributed by atoms with van der Waals surface area (Å²) in [6.07, 6.45) is 0. The maximum atomic E-state index is 2.44. The molecule has 0 saturated heterocycles. The fraction of sp³-hybridized carbons (Fsp3) is 0. The molecular formula is C56H32S. The third-order valence-corrected chi connectivity index (χ3v) is 13.7. The molecule has 12 aromatic carbocycles. The minimum atomic E-state index is 1.25. The molecule has 0 radical (unpaired) electrons. The van der Waals surface area contributed by atoms with E-state index in [1.165, 1.54) is 129 Å². The van der Waals surface area contributed by atoms with Crippen LogP contribution in [0.25, 0.3) is 129 Å². The van der Waals surface area contributed by atoms with Crippen molar-refractivity contribution in [3.05, 3.63) is 194 Å². The van der Waals surface area contributed by atoms with Gasteiger partial charge in [-0.25, -0.2) is 0 Å². The number of hydrogen-bond acceptors (Lipinski definition) is 1. The average Bonchev–Trinajstić information content (AvgIpc) is 3.65. The second-order valence-electron chi connectivity index (χ2n) is 15.6. The van der Waals surface area contributed by atoms with Crippen LogP contribution in [0.4, 0.5) is 0 Å². The van der Waals surface area contributed by atoms with Gasteiger partial charge >= 0.3 is 0 Å². The van der Waals surface area contributed by atoms with Crippen LogP contribution in [-0.2, 0) is 0 Å². The average molecular weight is 737 g/mol. The van der Waals surface area contributed by atoms with Crippen molar-refractivity contribution in [2.45, 2.75) is 0 Å². The Morgan fingerprint density at radius 2 is 0.544 bits per heavy atom. The Balaban J connectivity index is 0.985. The minimum absolute atomic E-state index is 1.25. The first kappa shape index (κ1) is 31.2. The van der Waals surface area contributed by atoms with E-state index in [2.05, 4.69) is 194 Å². The number of fused-ring (bicyclic) bond motifs is 3. The van der Waals surface area contributed by atoms with E-state index in [0.29, 0.717) is 0 Å². The van der Waals surface area contributed by atoms with Gasteiger partial charge in [0.2, 0.25) is 0 Å². The molecule has 57 heavy (non-hydrogen) atoms. The van der Waals surface area contributed by atoms with E-state index in [1.54, 1.807) is 0 Å². The highest BCUT2D eigenvalue weighted by Gasteiger charge is 2.18. The molecule has 13 aromatic rings. The fourth-order valence-corrected chi connectivity index (χ4v) is 11.0. The van der Waals surface area contributed by atoms with Crippen LogP contribution in [-0.4, -0.2) is 0 Å². The van der Waals surface area contributed by atoms with Gasteiger partial charge in [-0.1, -0.05) is 170 Å². The molecule has 0 nitrogen and oxygen atoms in total. The fourth-order valence-electron chi connectivity index (χ4n) is 9.96. The second-order valence-corrected chi connectivity index (χ2v) is 16.6. The number of thiophene rings is 1. The molecule has 0 unspecified atom stereocenters. The Labute approximate surface area is 333 Å². The van der Waals surface area contributed by atoms with Crippen molar-refractivity contribution in [3.8, 4) is 44.5 Å². The molecule has 0 fully saturated rings. The molecule has 0 aliphatic rings. The third-order valence-electron chi connectivity index (χ3n) is 12.6. The van der Waals surface area contributed by atoms with Crippen LogP contribution in [0, 0.1) is 0 Å². The van der Waals surface area contributed by atoms with Gasteiger partial charge in [0.1, 0.15) is 0 Å². The second kappa shape index (κ2) is 11.7. The predicted molar refractivity (Wildman–Crippen MR) is 248 cm³/mol. The number of benzene rings is 12. The Morgan fingerprint density at radius 3 is 0.895 bits per heavy atom. The highest BCUT2D eigenvalue weighted by atomic mass is 32.1. The molecular weight excluding hydrogens is 705 g/mol. The van der Waals surface area contributed by atoms with Crippen LogP contribution >= 0.6 is 11.3 Å². The SMILES string of the molecule is c1ccc(-c2ccc3ccc4c(-c5ccc6sc7ccc(-c8ccc9ccc%10c(-c%11ccccc%11)ccc%11ccc8c9c%11%10)cc7c6c5)ccc5ccc2c3c54)cc1. The van der Waals surface area contributed by atoms with E-state index in [4.69, 9.17) is 0 Å². The molecule has 0 bridgehead atoms. The molecule has 0 atom stereocenters. The van der Waals surface area contributed by atoms with Crippen molar-refractivity contribution in [1.82, 2.24) is 0 Å². The van der Waals surface area contributed by atoms with Gasteiger partial charge in [0.15, 0.2) is 0 Å². The first-order valence-corrected chi connectivity index (χ1v) is 20.6. The molecule has 13 rings (SSSR count). The molecule has 1 heterocycles. The molecule has 1 heteroatoms. The molecule has 0 amide bonds. The summed E-state index contributed by atoms with van der Waals surface area (Å²) >= 11 is 1.89. The topological polar surface area (TPSA) is 0 Å². The third kappa shape index (κ3) is 4.49. The van der Waals surface area contributed by atoms with Crippen molar-refractivity contribution >= 4 is 96.1 Å². The zero-order valence-electron chi connectivity index (χ0n) is 30.9. The maximum Gasteiger partial charge on any atom is 0.0355 e. The molecule has 0 spiro atoms. The van der Waals surface area contributed by atoms with Crippen LogP contribution < -0.4 is 0 Å². The lowest BCUT2D eigenvalue weighted by atomic mass is 9.87. The van der Waals surface area contributed by atoms with Gasteiger partial charge in [-0.15, -0.1) is 11.3 Å². The van der Waals surface area contributed by atoms with Crippen LogP contribution in [0.3, 0.4) is 0 Å². The number of rotatable bonds is 4. The largest absolute Gasteiger partial charge is 0.135 e. The van der Waals surface area contributed by atoms with Crippen LogP contribution in [0.2, 0.25) is 0 Å². The molecule has 0 aliphatic heterocycles. The lowest BCUT2D eigenvalue weighted by molar-refractivity contribution is 1.66. The quantitative estimate of drug-likeness (QED) is 0.158. The minimum Gasteiger partial charge on any atom is -0.135 e. The number of hydrogen-bond donors (Lipinski definition) is 0. The van der Waals surface area contributed by atoms with E-state index in [1.807, 2.05) is 11.3 Å². The lowest BCUT2D eigenvalue weighted by Gasteiger charge is -2.17. The zero-order valence-corrected chi connectivity index (χ0v) is 31.7. The summed E-state index contributed by atoms with van der Waals surface area (Å²) in [5.41, 5.74) is 10.1. The van der Waals surface area contributed by atoms with Crippen molar-refractivity contribution in [2.24, 2.45) is 0 Å². The standard InChI is InChI=1S/C56H32S/c1-3-7-33(8-4-1)41-21-11-35-17-27-47-43(23-13-37-15-25-45(41)53(35)55(37)47)39-19-29-51-49(31-39)50-32-40(20-30-52(50)57-51)44-24-14-38-16-26-46-42(34-9-5-2-6-10-34)22-12-36-18-28-48(44)56(38)54(36)46/h1-32H. The molecule has 262 valence electrons. The summed E-state index contributed by atoms with van der Waals surface area (Å²) in [4.78, 5) is 0. The zero-order chi connectivity index (χ0) is 37.2. The first-order chi connectivity index (χ1) is 28.2. The Bertz CT molecular complexity index is 3480. The van der Waals surface area contributed by atoms with Crippen LogP contribution in [0.15, 0.2) is 194 Å². The Hall–Kier alpha value is -7.06. The summed E-state index contributed by atoms with van der Waals surface area (Å²) < 4.78 is 2.64. The maximum absolute atomic E-state index is 2.44. The Morgan fingerprint density at radius 1 is 0.228 bits per heavy atom. The predicted octanol–water partition coefficient (Wildman–Crippen LogP) is 16.5. The van der Waals surface area contributed by atoms with E-state index >= 15 is 0 Å². The smallest absolute Gasteiger partial charge is 0.0355 e. The highest BCUT2D eigenvalue weighted by molar-refractivity contribution is 7.25. The monoisotopic (exact) mass is 736 g/mol. The Kier molecular flexibility index (Phi) is 6.41. The van der Waals surface area contributed by atoms with E-state index < -0.39 is 0 Å². The highest BCUT2D eigenvalue weighted by Crippen LogP contribution is 2.46.